The van der Waals surface area contributed by atoms with Crippen LogP contribution < -0.4 is 5.06 Å². The number of hydrogen-bond donors (Lipinski definition) is 1. The maximum atomic E-state index is 13.4. The number of aryl methyl sites for hydroxylation is 1. The van der Waals surface area contributed by atoms with Crippen molar-refractivity contribution in [2.45, 2.75) is 26.2 Å². The molecule has 82 valence electrons. The van der Waals surface area contributed by atoms with E-state index in [0.29, 0.717) is 18.2 Å². The maximum Gasteiger partial charge on any atom is 0.148 e. The molecule has 1 fully saturated rings. The van der Waals surface area contributed by atoms with Crippen LogP contribution in [0.5, 0.6) is 0 Å². The van der Waals surface area contributed by atoms with Gasteiger partial charge in [-0.1, -0.05) is 13.0 Å². The number of hydrogen-bond acceptors (Lipinski definition) is 2. The van der Waals surface area contributed by atoms with E-state index >= 15 is 0 Å². The van der Waals surface area contributed by atoms with Crippen LogP contribution >= 0.6 is 0 Å². The van der Waals surface area contributed by atoms with E-state index in [4.69, 9.17) is 0 Å². The summed E-state index contributed by atoms with van der Waals surface area (Å²) in [6.07, 6.45) is 3.14. The fourth-order valence-electron chi connectivity index (χ4n) is 1.62. The largest absolute Gasteiger partial charge is 0.288 e. The first-order valence-corrected chi connectivity index (χ1v) is 5.45. The molecule has 0 spiro atoms. The standard InChI is InChI=1S/C12H16FNO/c1-2-9-5-6-11(13)12(7-9)14(15)8-10-3-4-10/h5-7,10,15H,2-4,8H2,1H3. The van der Waals surface area contributed by atoms with E-state index in [2.05, 4.69) is 0 Å². The van der Waals surface area contributed by atoms with Crippen molar-refractivity contribution in [1.82, 2.24) is 0 Å². The normalized spacial score (nSPS) is 15.4. The Kier molecular flexibility index (Phi) is 2.91. The van der Waals surface area contributed by atoms with Gasteiger partial charge in [0.05, 0.1) is 5.69 Å². The highest BCUT2D eigenvalue weighted by Gasteiger charge is 2.25. The number of anilines is 1. The van der Waals surface area contributed by atoms with Crippen LogP contribution in [0.3, 0.4) is 0 Å². The van der Waals surface area contributed by atoms with Gasteiger partial charge in [-0.25, -0.2) is 4.39 Å². The second-order valence-electron chi connectivity index (χ2n) is 4.16. The van der Waals surface area contributed by atoms with Crippen LogP contribution in [0, 0.1) is 11.7 Å². The van der Waals surface area contributed by atoms with Gasteiger partial charge in [0.25, 0.3) is 0 Å². The molecule has 0 atom stereocenters. The predicted octanol–water partition coefficient (Wildman–Crippen LogP) is 2.99. The van der Waals surface area contributed by atoms with Gasteiger partial charge in [-0.15, -0.1) is 0 Å². The van der Waals surface area contributed by atoms with Crippen molar-refractivity contribution in [3.8, 4) is 0 Å². The Morgan fingerprint density at radius 1 is 1.47 bits per heavy atom. The Bertz CT molecular complexity index is 349. The lowest BCUT2D eigenvalue weighted by Crippen LogP contribution is -2.22. The monoisotopic (exact) mass is 209 g/mol. The Morgan fingerprint density at radius 3 is 2.80 bits per heavy atom. The molecule has 1 aromatic rings. The number of rotatable bonds is 4. The van der Waals surface area contributed by atoms with Gasteiger partial charge >= 0.3 is 0 Å². The lowest BCUT2D eigenvalue weighted by Gasteiger charge is -2.18. The van der Waals surface area contributed by atoms with Gasteiger partial charge in [-0.3, -0.25) is 10.3 Å². The van der Waals surface area contributed by atoms with Gasteiger partial charge in [0.15, 0.2) is 0 Å². The lowest BCUT2D eigenvalue weighted by molar-refractivity contribution is 0.245. The van der Waals surface area contributed by atoms with Gasteiger partial charge < -0.3 is 0 Å². The topological polar surface area (TPSA) is 23.5 Å². The Morgan fingerprint density at radius 2 is 2.20 bits per heavy atom. The molecule has 0 aromatic heterocycles. The van der Waals surface area contributed by atoms with E-state index in [9.17, 15) is 9.60 Å². The Balaban J connectivity index is 2.16. The summed E-state index contributed by atoms with van der Waals surface area (Å²) >= 11 is 0. The van der Waals surface area contributed by atoms with Crippen molar-refractivity contribution in [3.63, 3.8) is 0 Å². The number of halogens is 1. The zero-order chi connectivity index (χ0) is 10.8. The molecule has 0 bridgehead atoms. The molecule has 1 aliphatic rings. The van der Waals surface area contributed by atoms with Crippen LogP contribution in [0.4, 0.5) is 10.1 Å². The fourth-order valence-corrected chi connectivity index (χ4v) is 1.62. The van der Waals surface area contributed by atoms with Gasteiger partial charge in [0.1, 0.15) is 5.82 Å². The Hall–Kier alpha value is -1.09. The van der Waals surface area contributed by atoms with Crippen LogP contribution in [0.1, 0.15) is 25.3 Å². The van der Waals surface area contributed by atoms with E-state index in [1.165, 1.54) is 6.07 Å². The lowest BCUT2D eigenvalue weighted by atomic mass is 10.1. The van der Waals surface area contributed by atoms with Crippen LogP contribution in [-0.4, -0.2) is 11.8 Å². The van der Waals surface area contributed by atoms with Gasteiger partial charge in [-0.2, -0.15) is 0 Å². The molecule has 0 unspecified atom stereocenters. The summed E-state index contributed by atoms with van der Waals surface area (Å²) in [6, 6.07) is 4.89. The molecule has 15 heavy (non-hydrogen) atoms. The van der Waals surface area contributed by atoms with Crippen molar-refractivity contribution >= 4 is 5.69 Å². The second kappa shape index (κ2) is 4.19. The van der Waals surface area contributed by atoms with Crippen LogP contribution in [-0.2, 0) is 6.42 Å². The summed E-state index contributed by atoms with van der Waals surface area (Å²) in [5.74, 6) is 0.190. The number of nitrogens with zero attached hydrogens (tertiary/aromatic N) is 1. The zero-order valence-corrected chi connectivity index (χ0v) is 8.91. The SMILES string of the molecule is CCc1ccc(F)c(N(O)CC2CC2)c1. The molecule has 0 saturated heterocycles. The van der Waals surface area contributed by atoms with Crippen LogP contribution in [0.2, 0.25) is 0 Å². The van der Waals surface area contributed by atoms with Gasteiger partial charge in [0, 0.05) is 6.54 Å². The molecule has 1 N–H and O–H groups in total. The molecule has 1 aliphatic carbocycles. The summed E-state index contributed by atoms with van der Waals surface area (Å²) in [7, 11) is 0. The molecule has 0 amide bonds. The third kappa shape index (κ3) is 2.48. The van der Waals surface area contributed by atoms with Gasteiger partial charge in [-0.05, 0) is 42.9 Å². The second-order valence-corrected chi connectivity index (χ2v) is 4.16. The van der Waals surface area contributed by atoms with Crippen LogP contribution in [0.25, 0.3) is 0 Å². The molecular weight excluding hydrogens is 193 g/mol. The highest BCUT2D eigenvalue weighted by molar-refractivity contribution is 5.47. The maximum absolute atomic E-state index is 13.4. The van der Waals surface area contributed by atoms with Gasteiger partial charge in [0.2, 0.25) is 0 Å². The summed E-state index contributed by atoms with van der Waals surface area (Å²) in [5, 5.41) is 10.8. The highest BCUT2D eigenvalue weighted by atomic mass is 19.1. The smallest absolute Gasteiger partial charge is 0.148 e. The fraction of sp³-hybridized carbons (Fsp3) is 0.500. The molecule has 0 radical (unpaired) electrons. The third-order valence-corrected chi connectivity index (χ3v) is 2.82. The van der Waals surface area contributed by atoms with E-state index in [1.807, 2.05) is 6.92 Å². The summed E-state index contributed by atoms with van der Waals surface area (Å²) in [5.41, 5.74) is 1.35. The highest BCUT2D eigenvalue weighted by Crippen LogP contribution is 2.31. The molecule has 0 aliphatic heterocycles. The van der Waals surface area contributed by atoms with E-state index < -0.39 is 0 Å². The zero-order valence-electron chi connectivity index (χ0n) is 8.91. The first-order valence-electron chi connectivity index (χ1n) is 5.45. The van der Waals surface area contributed by atoms with E-state index in [0.717, 1.165) is 29.9 Å². The predicted molar refractivity (Wildman–Crippen MR) is 57.6 cm³/mol. The molecule has 1 saturated carbocycles. The van der Waals surface area contributed by atoms with Crippen molar-refractivity contribution in [2.75, 3.05) is 11.6 Å². The van der Waals surface area contributed by atoms with Crippen molar-refractivity contribution < 1.29 is 9.60 Å². The molecule has 3 heteroatoms. The first kappa shape index (κ1) is 10.4. The number of benzene rings is 1. The quantitative estimate of drug-likeness (QED) is 0.770. The van der Waals surface area contributed by atoms with E-state index in [1.54, 1.807) is 12.1 Å². The van der Waals surface area contributed by atoms with Crippen molar-refractivity contribution in [2.24, 2.45) is 5.92 Å². The summed E-state index contributed by atoms with van der Waals surface area (Å²) < 4.78 is 13.4. The van der Waals surface area contributed by atoms with Crippen molar-refractivity contribution in [3.05, 3.63) is 29.6 Å². The third-order valence-electron chi connectivity index (χ3n) is 2.82. The summed E-state index contributed by atoms with van der Waals surface area (Å²) in [4.78, 5) is 0. The Labute approximate surface area is 89.3 Å². The molecule has 2 rings (SSSR count). The minimum absolute atomic E-state index is 0.307. The van der Waals surface area contributed by atoms with Crippen LogP contribution in [0.15, 0.2) is 18.2 Å². The minimum Gasteiger partial charge on any atom is -0.288 e. The first-order chi connectivity index (χ1) is 7.20. The number of hydroxylamine groups is 1. The summed E-state index contributed by atoms with van der Waals surface area (Å²) in [6.45, 7) is 2.56. The molecule has 0 heterocycles. The average Bonchev–Trinajstić information content (AvgIpc) is 3.02. The van der Waals surface area contributed by atoms with Crippen molar-refractivity contribution in [1.29, 1.82) is 0 Å². The molecule has 1 aromatic carbocycles. The average molecular weight is 209 g/mol. The minimum atomic E-state index is -0.352. The van der Waals surface area contributed by atoms with E-state index in [-0.39, 0.29) is 5.82 Å². The molecule has 2 nitrogen and oxygen atoms in total. The molecular formula is C12H16FNO.